The quantitative estimate of drug-likeness (QED) is 0.625. The van der Waals surface area contributed by atoms with Gasteiger partial charge in [0.1, 0.15) is 11.5 Å². The molecule has 4 rings (SSSR count). The summed E-state index contributed by atoms with van der Waals surface area (Å²) in [7, 11) is 1.64. The molecule has 0 unspecified atom stereocenters. The van der Waals surface area contributed by atoms with Crippen LogP contribution in [0.15, 0.2) is 67.0 Å². The Morgan fingerprint density at radius 1 is 0.958 bits per heavy atom. The first-order valence-corrected chi connectivity index (χ1v) is 7.53. The van der Waals surface area contributed by atoms with E-state index in [0.717, 1.165) is 28.2 Å². The van der Waals surface area contributed by atoms with Crippen molar-refractivity contribution in [3.63, 3.8) is 0 Å². The number of hydrogen-bond donors (Lipinski definition) is 1. The van der Waals surface area contributed by atoms with Crippen molar-refractivity contribution in [2.24, 2.45) is 0 Å². The second kappa shape index (κ2) is 5.70. The van der Waals surface area contributed by atoms with E-state index in [-0.39, 0.29) is 5.75 Å². The third kappa shape index (κ3) is 2.27. The van der Waals surface area contributed by atoms with Crippen LogP contribution in [0.1, 0.15) is 0 Å². The molecule has 2 aromatic heterocycles. The van der Waals surface area contributed by atoms with Crippen molar-refractivity contribution in [1.82, 2.24) is 14.6 Å². The molecule has 0 radical (unpaired) electrons. The van der Waals surface area contributed by atoms with E-state index in [1.165, 1.54) is 0 Å². The van der Waals surface area contributed by atoms with Gasteiger partial charge in [0, 0.05) is 17.3 Å². The molecule has 4 aromatic rings. The zero-order valence-electron chi connectivity index (χ0n) is 13.0. The maximum atomic E-state index is 10.1. The minimum atomic E-state index is 0.214. The van der Waals surface area contributed by atoms with Crippen LogP contribution in [0.2, 0.25) is 0 Å². The molecular formula is C19H15N3O2. The highest BCUT2D eigenvalue weighted by atomic mass is 16.5. The predicted octanol–water partition coefficient (Wildman–Crippen LogP) is 3.78. The van der Waals surface area contributed by atoms with Gasteiger partial charge in [-0.15, -0.1) is 0 Å². The SMILES string of the molecule is COc1ccc(-c2cnn3c(-c4ccccc4O)ccnc23)cc1. The summed E-state index contributed by atoms with van der Waals surface area (Å²) < 4.78 is 6.94. The Kier molecular flexibility index (Phi) is 3.39. The minimum absolute atomic E-state index is 0.214. The van der Waals surface area contributed by atoms with Crippen LogP contribution in [-0.4, -0.2) is 26.8 Å². The summed E-state index contributed by atoms with van der Waals surface area (Å²) in [5.74, 6) is 1.02. The van der Waals surface area contributed by atoms with Crippen LogP contribution in [0.5, 0.6) is 11.5 Å². The van der Waals surface area contributed by atoms with Crippen molar-refractivity contribution in [3.8, 4) is 33.9 Å². The fourth-order valence-corrected chi connectivity index (χ4v) is 2.76. The van der Waals surface area contributed by atoms with Crippen molar-refractivity contribution in [2.45, 2.75) is 0 Å². The first-order valence-electron chi connectivity index (χ1n) is 7.53. The second-order valence-electron chi connectivity index (χ2n) is 5.37. The first-order chi connectivity index (χ1) is 11.8. The Morgan fingerprint density at radius 2 is 1.75 bits per heavy atom. The van der Waals surface area contributed by atoms with E-state index in [2.05, 4.69) is 10.1 Å². The van der Waals surface area contributed by atoms with Crippen molar-refractivity contribution in [3.05, 3.63) is 67.0 Å². The van der Waals surface area contributed by atoms with Gasteiger partial charge < -0.3 is 9.84 Å². The van der Waals surface area contributed by atoms with Crippen LogP contribution in [0.25, 0.3) is 28.0 Å². The van der Waals surface area contributed by atoms with E-state index in [0.29, 0.717) is 5.56 Å². The number of rotatable bonds is 3. The molecule has 0 bridgehead atoms. The average molecular weight is 317 g/mol. The molecular weight excluding hydrogens is 302 g/mol. The molecule has 0 spiro atoms. The highest BCUT2D eigenvalue weighted by Crippen LogP contribution is 2.31. The number of methoxy groups -OCH3 is 1. The molecule has 0 aliphatic heterocycles. The number of aromatic nitrogens is 3. The van der Waals surface area contributed by atoms with Crippen molar-refractivity contribution in [1.29, 1.82) is 0 Å². The molecule has 5 nitrogen and oxygen atoms in total. The van der Waals surface area contributed by atoms with Crippen LogP contribution in [0.4, 0.5) is 0 Å². The number of phenolic OH excluding ortho intramolecular Hbond substituents is 1. The Balaban J connectivity index is 1.89. The minimum Gasteiger partial charge on any atom is -0.507 e. The first kappa shape index (κ1) is 14.3. The fourth-order valence-electron chi connectivity index (χ4n) is 2.76. The van der Waals surface area contributed by atoms with E-state index in [4.69, 9.17) is 4.74 Å². The van der Waals surface area contributed by atoms with E-state index in [9.17, 15) is 5.11 Å². The highest BCUT2D eigenvalue weighted by molar-refractivity contribution is 5.79. The normalized spacial score (nSPS) is 10.9. The topological polar surface area (TPSA) is 59.7 Å². The number of phenols is 1. The molecule has 24 heavy (non-hydrogen) atoms. The number of aromatic hydroxyl groups is 1. The summed E-state index contributed by atoms with van der Waals surface area (Å²) in [6.07, 6.45) is 3.51. The number of ether oxygens (including phenoxy) is 1. The summed E-state index contributed by atoms with van der Waals surface area (Å²) in [6, 6.07) is 16.8. The summed E-state index contributed by atoms with van der Waals surface area (Å²) in [4.78, 5) is 4.46. The van der Waals surface area contributed by atoms with E-state index >= 15 is 0 Å². The largest absolute Gasteiger partial charge is 0.507 e. The van der Waals surface area contributed by atoms with Crippen LogP contribution in [0.3, 0.4) is 0 Å². The van der Waals surface area contributed by atoms with Crippen molar-refractivity contribution in [2.75, 3.05) is 7.11 Å². The number of hydrogen-bond acceptors (Lipinski definition) is 4. The van der Waals surface area contributed by atoms with Gasteiger partial charge in [-0.3, -0.25) is 0 Å². The molecule has 0 saturated heterocycles. The lowest BCUT2D eigenvalue weighted by Gasteiger charge is -2.07. The Morgan fingerprint density at radius 3 is 2.50 bits per heavy atom. The van der Waals surface area contributed by atoms with Crippen LogP contribution in [-0.2, 0) is 0 Å². The van der Waals surface area contributed by atoms with Gasteiger partial charge in [-0.25, -0.2) is 9.50 Å². The Labute approximate surface area is 138 Å². The third-order valence-corrected chi connectivity index (χ3v) is 3.98. The van der Waals surface area contributed by atoms with E-state index in [1.54, 1.807) is 36.2 Å². The van der Waals surface area contributed by atoms with Crippen LogP contribution < -0.4 is 4.74 Å². The standard InChI is InChI=1S/C19H15N3O2/c1-24-14-8-6-13(7-9-14)16-12-21-22-17(10-11-20-19(16)22)15-4-2-3-5-18(15)23/h2-12,23H,1H3. The van der Waals surface area contributed by atoms with Gasteiger partial charge in [-0.1, -0.05) is 24.3 Å². The molecule has 2 aromatic carbocycles. The Bertz CT molecular complexity index is 1010. The van der Waals surface area contributed by atoms with Gasteiger partial charge in [0.25, 0.3) is 0 Å². The lowest BCUT2D eigenvalue weighted by molar-refractivity contribution is 0.415. The lowest BCUT2D eigenvalue weighted by atomic mass is 10.1. The molecule has 1 N–H and O–H groups in total. The van der Waals surface area contributed by atoms with Gasteiger partial charge >= 0.3 is 0 Å². The van der Waals surface area contributed by atoms with Crippen LogP contribution in [0, 0.1) is 0 Å². The highest BCUT2D eigenvalue weighted by Gasteiger charge is 2.13. The van der Waals surface area contributed by atoms with Gasteiger partial charge in [-0.05, 0) is 35.9 Å². The zero-order valence-corrected chi connectivity index (χ0v) is 13.0. The van der Waals surface area contributed by atoms with E-state index in [1.807, 2.05) is 42.5 Å². The molecule has 0 atom stereocenters. The third-order valence-electron chi connectivity index (χ3n) is 3.98. The van der Waals surface area contributed by atoms with Gasteiger partial charge in [0.2, 0.25) is 0 Å². The molecule has 0 saturated carbocycles. The lowest BCUT2D eigenvalue weighted by Crippen LogP contribution is -1.96. The van der Waals surface area contributed by atoms with Crippen molar-refractivity contribution >= 4 is 5.65 Å². The average Bonchev–Trinajstić information content (AvgIpc) is 3.06. The van der Waals surface area contributed by atoms with Crippen LogP contribution >= 0.6 is 0 Å². The maximum absolute atomic E-state index is 10.1. The summed E-state index contributed by atoms with van der Waals surface area (Å²) in [5.41, 5.74) is 4.18. The van der Waals surface area contributed by atoms with Gasteiger partial charge in [0.05, 0.1) is 19.0 Å². The molecule has 0 aliphatic rings. The maximum Gasteiger partial charge on any atom is 0.163 e. The summed E-state index contributed by atoms with van der Waals surface area (Å²) in [5, 5.41) is 14.6. The molecule has 118 valence electrons. The number of benzene rings is 2. The molecule has 0 fully saturated rings. The second-order valence-corrected chi connectivity index (χ2v) is 5.37. The molecule has 5 heteroatoms. The fraction of sp³-hybridized carbons (Fsp3) is 0.0526. The molecule has 0 amide bonds. The Hall–Kier alpha value is -3.34. The number of para-hydroxylation sites is 1. The molecule has 2 heterocycles. The number of nitrogens with zero attached hydrogens (tertiary/aromatic N) is 3. The van der Waals surface area contributed by atoms with Gasteiger partial charge in [0.15, 0.2) is 5.65 Å². The summed E-state index contributed by atoms with van der Waals surface area (Å²) >= 11 is 0. The predicted molar refractivity (Wildman–Crippen MR) is 92.1 cm³/mol. The smallest absolute Gasteiger partial charge is 0.163 e. The van der Waals surface area contributed by atoms with E-state index < -0.39 is 0 Å². The van der Waals surface area contributed by atoms with Gasteiger partial charge in [-0.2, -0.15) is 5.10 Å². The zero-order chi connectivity index (χ0) is 16.5. The van der Waals surface area contributed by atoms with Crippen molar-refractivity contribution < 1.29 is 9.84 Å². The summed E-state index contributed by atoms with van der Waals surface area (Å²) in [6.45, 7) is 0. The molecule has 0 aliphatic carbocycles. The monoisotopic (exact) mass is 317 g/mol. The number of fused-ring (bicyclic) bond motifs is 1.